The van der Waals surface area contributed by atoms with E-state index in [1.807, 2.05) is 0 Å². The summed E-state index contributed by atoms with van der Waals surface area (Å²) < 4.78 is 42.9. The molecule has 4 nitrogen and oxygen atoms in total. The van der Waals surface area contributed by atoms with Gasteiger partial charge < -0.3 is 4.74 Å². The number of hydrogen-bond acceptors (Lipinski definition) is 6. The number of benzene rings is 1. The van der Waals surface area contributed by atoms with E-state index >= 15 is 0 Å². The molecule has 0 aliphatic heterocycles. The van der Waals surface area contributed by atoms with E-state index in [0.717, 1.165) is 17.1 Å². The van der Waals surface area contributed by atoms with E-state index in [9.17, 15) is 18.0 Å². The Morgan fingerprint density at radius 2 is 1.96 bits per heavy atom. The second-order valence-corrected chi connectivity index (χ2v) is 7.13. The lowest BCUT2D eigenvalue weighted by Gasteiger charge is -2.06. The number of hydrogen-bond donors (Lipinski definition) is 0. The summed E-state index contributed by atoms with van der Waals surface area (Å²) in [6, 6.07) is 4.78. The molecule has 0 N–H and O–H groups in total. The van der Waals surface area contributed by atoms with E-state index in [-0.39, 0.29) is 6.61 Å². The molecule has 25 heavy (non-hydrogen) atoms. The highest BCUT2D eigenvalue weighted by Crippen LogP contribution is 2.31. The van der Waals surface area contributed by atoms with Crippen LogP contribution in [0.3, 0.4) is 0 Å². The van der Waals surface area contributed by atoms with E-state index in [1.165, 1.54) is 41.0 Å². The molecule has 0 saturated carbocycles. The van der Waals surface area contributed by atoms with Gasteiger partial charge in [0, 0.05) is 10.9 Å². The molecule has 0 unspecified atom stereocenters. The van der Waals surface area contributed by atoms with Crippen LogP contribution in [-0.2, 0) is 17.5 Å². The molecule has 0 aliphatic rings. The second-order valence-electron chi connectivity index (χ2n) is 5.04. The Kier molecular flexibility index (Phi) is 4.87. The number of ether oxygens (including phenoxy) is 1. The van der Waals surface area contributed by atoms with Crippen LogP contribution in [0.2, 0.25) is 0 Å². The van der Waals surface area contributed by atoms with Gasteiger partial charge in [0.1, 0.15) is 16.5 Å². The summed E-state index contributed by atoms with van der Waals surface area (Å²) in [4.78, 5) is 20.5. The Morgan fingerprint density at radius 1 is 1.24 bits per heavy atom. The minimum absolute atomic E-state index is 0.00703. The number of nitrogens with zero attached hydrogens (tertiary/aromatic N) is 2. The van der Waals surface area contributed by atoms with Crippen LogP contribution in [0.4, 0.5) is 13.2 Å². The highest BCUT2D eigenvalue weighted by atomic mass is 32.1. The van der Waals surface area contributed by atoms with Crippen molar-refractivity contribution < 1.29 is 22.7 Å². The standard InChI is InChI=1S/C16H11F3N2O2S2/c1-9-20-6-13(25-9)15(22)23-7-12-8-24-14(21-12)10-2-4-11(5-3-10)16(17,18)19/h2-6,8H,7H2,1H3. The molecule has 0 amide bonds. The predicted molar refractivity (Wildman–Crippen MR) is 88.5 cm³/mol. The van der Waals surface area contributed by atoms with Crippen molar-refractivity contribution >= 4 is 28.6 Å². The van der Waals surface area contributed by atoms with Crippen molar-refractivity contribution in [2.45, 2.75) is 19.7 Å². The second kappa shape index (κ2) is 6.93. The van der Waals surface area contributed by atoms with Crippen LogP contribution in [0.1, 0.15) is 25.9 Å². The van der Waals surface area contributed by atoms with Crippen LogP contribution in [0.15, 0.2) is 35.8 Å². The van der Waals surface area contributed by atoms with Crippen molar-refractivity contribution in [3.63, 3.8) is 0 Å². The number of thiazole rings is 2. The fraction of sp³-hybridized carbons (Fsp3) is 0.188. The highest BCUT2D eigenvalue weighted by Gasteiger charge is 2.30. The smallest absolute Gasteiger partial charge is 0.416 e. The van der Waals surface area contributed by atoms with Gasteiger partial charge >= 0.3 is 12.1 Å². The Hall–Kier alpha value is -2.26. The highest BCUT2D eigenvalue weighted by molar-refractivity contribution is 7.13. The topological polar surface area (TPSA) is 52.1 Å². The quantitative estimate of drug-likeness (QED) is 0.597. The Morgan fingerprint density at radius 3 is 2.56 bits per heavy atom. The first-order valence-electron chi connectivity index (χ1n) is 7.04. The molecule has 2 heterocycles. The zero-order chi connectivity index (χ0) is 18.0. The zero-order valence-electron chi connectivity index (χ0n) is 12.8. The lowest BCUT2D eigenvalue weighted by Crippen LogP contribution is -2.04. The number of alkyl halides is 3. The molecule has 0 atom stereocenters. The van der Waals surface area contributed by atoms with E-state index in [1.54, 1.807) is 12.3 Å². The third-order valence-electron chi connectivity index (χ3n) is 3.18. The first kappa shape index (κ1) is 17.6. The summed E-state index contributed by atoms with van der Waals surface area (Å²) in [6.45, 7) is 1.78. The van der Waals surface area contributed by atoms with Crippen molar-refractivity contribution in [1.82, 2.24) is 9.97 Å². The molecule has 3 aromatic rings. The first-order valence-corrected chi connectivity index (χ1v) is 8.74. The fourth-order valence-corrected chi connectivity index (χ4v) is 3.46. The van der Waals surface area contributed by atoms with Gasteiger partial charge in [-0.3, -0.25) is 0 Å². The summed E-state index contributed by atoms with van der Waals surface area (Å²) in [5.41, 5.74) is 0.407. The molecule has 0 radical (unpaired) electrons. The minimum Gasteiger partial charge on any atom is -0.455 e. The largest absolute Gasteiger partial charge is 0.455 e. The molecular formula is C16H11F3N2O2S2. The number of aryl methyl sites for hydroxylation is 1. The fourth-order valence-electron chi connectivity index (χ4n) is 1.97. The molecular weight excluding hydrogens is 373 g/mol. The van der Waals surface area contributed by atoms with Crippen LogP contribution in [-0.4, -0.2) is 15.9 Å². The van der Waals surface area contributed by atoms with Gasteiger partial charge in [-0.15, -0.1) is 22.7 Å². The maximum Gasteiger partial charge on any atom is 0.416 e. The number of rotatable bonds is 4. The molecule has 2 aromatic heterocycles. The van der Waals surface area contributed by atoms with Crippen LogP contribution >= 0.6 is 22.7 Å². The Balaban J connectivity index is 1.65. The average molecular weight is 384 g/mol. The molecule has 9 heteroatoms. The number of carbonyl (C=O) groups is 1. The number of aromatic nitrogens is 2. The summed E-state index contributed by atoms with van der Waals surface area (Å²) in [5.74, 6) is -0.477. The molecule has 0 spiro atoms. The monoisotopic (exact) mass is 384 g/mol. The van der Waals surface area contributed by atoms with Gasteiger partial charge in [-0.2, -0.15) is 13.2 Å². The third kappa shape index (κ3) is 4.23. The van der Waals surface area contributed by atoms with E-state index in [0.29, 0.717) is 21.1 Å². The van der Waals surface area contributed by atoms with Gasteiger partial charge in [0.15, 0.2) is 0 Å². The van der Waals surface area contributed by atoms with E-state index in [4.69, 9.17) is 4.74 Å². The van der Waals surface area contributed by atoms with Crippen molar-refractivity contribution in [2.24, 2.45) is 0 Å². The molecule has 0 bridgehead atoms. The van der Waals surface area contributed by atoms with Crippen LogP contribution < -0.4 is 0 Å². The average Bonchev–Trinajstić information content (AvgIpc) is 3.21. The summed E-state index contributed by atoms with van der Waals surface area (Å²) in [6.07, 6.45) is -2.91. The minimum atomic E-state index is -4.37. The summed E-state index contributed by atoms with van der Waals surface area (Å²) in [7, 11) is 0. The van der Waals surface area contributed by atoms with E-state index < -0.39 is 17.7 Å². The van der Waals surface area contributed by atoms with E-state index in [2.05, 4.69) is 9.97 Å². The van der Waals surface area contributed by atoms with Crippen LogP contribution in [0.25, 0.3) is 10.6 Å². The molecule has 3 rings (SSSR count). The Labute approximate surface area is 148 Å². The predicted octanol–water partition coefficient (Wildman–Crippen LogP) is 4.95. The molecule has 130 valence electrons. The van der Waals surface area contributed by atoms with Gasteiger partial charge in [-0.25, -0.2) is 14.8 Å². The number of esters is 1. The van der Waals surface area contributed by atoms with Gasteiger partial charge in [-0.05, 0) is 19.1 Å². The molecule has 0 saturated heterocycles. The maximum atomic E-state index is 12.6. The first-order chi connectivity index (χ1) is 11.8. The van der Waals surface area contributed by atoms with Gasteiger partial charge in [0.25, 0.3) is 0 Å². The van der Waals surface area contributed by atoms with Gasteiger partial charge in [-0.1, -0.05) is 12.1 Å². The van der Waals surface area contributed by atoms with Gasteiger partial charge in [0.05, 0.1) is 22.5 Å². The van der Waals surface area contributed by atoms with Crippen LogP contribution in [0.5, 0.6) is 0 Å². The molecule has 1 aromatic carbocycles. The maximum absolute atomic E-state index is 12.6. The van der Waals surface area contributed by atoms with Crippen LogP contribution in [0, 0.1) is 6.92 Å². The number of halogens is 3. The number of carbonyl (C=O) groups excluding carboxylic acids is 1. The lowest BCUT2D eigenvalue weighted by molar-refractivity contribution is -0.137. The third-order valence-corrected chi connectivity index (χ3v) is 5.02. The molecule has 0 fully saturated rings. The van der Waals surface area contributed by atoms with Crippen molar-refractivity contribution in [3.05, 3.63) is 57.0 Å². The zero-order valence-corrected chi connectivity index (χ0v) is 14.5. The summed E-state index contributed by atoms with van der Waals surface area (Å²) in [5, 5.41) is 3.04. The summed E-state index contributed by atoms with van der Waals surface area (Å²) >= 11 is 2.52. The lowest BCUT2D eigenvalue weighted by atomic mass is 10.1. The van der Waals surface area contributed by atoms with Crippen molar-refractivity contribution in [3.8, 4) is 10.6 Å². The van der Waals surface area contributed by atoms with Crippen molar-refractivity contribution in [2.75, 3.05) is 0 Å². The SMILES string of the molecule is Cc1ncc(C(=O)OCc2csc(-c3ccc(C(F)(F)F)cc3)n2)s1. The van der Waals surface area contributed by atoms with Gasteiger partial charge in [0.2, 0.25) is 0 Å². The normalized spacial score (nSPS) is 11.5. The molecule has 0 aliphatic carbocycles. The Bertz CT molecular complexity index is 885. The van der Waals surface area contributed by atoms with Crippen molar-refractivity contribution in [1.29, 1.82) is 0 Å².